The molecule has 4 nitrogen and oxygen atoms in total. The molecule has 0 amide bonds. The summed E-state index contributed by atoms with van der Waals surface area (Å²) in [6.45, 7) is 0.789. The number of halogens is 1. The van der Waals surface area contributed by atoms with Gasteiger partial charge in [0, 0.05) is 16.1 Å². The van der Waals surface area contributed by atoms with Gasteiger partial charge in [0.15, 0.2) is 0 Å². The zero-order valence-electron chi connectivity index (χ0n) is 9.73. The molecule has 18 heavy (non-hydrogen) atoms. The molecule has 0 atom stereocenters. The van der Waals surface area contributed by atoms with Gasteiger partial charge in [0.1, 0.15) is 11.4 Å². The Hall–Kier alpha value is -1.49. The van der Waals surface area contributed by atoms with Crippen LogP contribution in [0.4, 0.5) is 5.88 Å². The number of nitrogens with zero attached hydrogens (tertiary/aromatic N) is 1. The van der Waals surface area contributed by atoms with Gasteiger partial charge in [-0.05, 0) is 37.0 Å². The number of nitrogen functional groups attached to an aromatic ring is 1. The molecular weight excluding hydrogens is 296 g/mol. The lowest BCUT2D eigenvalue weighted by Gasteiger charge is -2.07. The van der Waals surface area contributed by atoms with E-state index in [1.165, 1.54) is 12.8 Å². The van der Waals surface area contributed by atoms with Crippen molar-refractivity contribution in [1.29, 1.82) is 0 Å². The van der Waals surface area contributed by atoms with Crippen LogP contribution in [0, 0.1) is 5.92 Å². The molecule has 2 aromatic rings. The highest BCUT2D eigenvalue weighted by atomic mass is 79.9. The molecule has 1 aliphatic carbocycles. The highest BCUT2D eigenvalue weighted by Crippen LogP contribution is 2.32. The quantitative estimate of drug-likeness (QED) is 0.939. The minimum absolute atomic E-state index is 0.311. The Morgan fingerprint density at radius 1 is 1.33 bits per heavy atom. The van der Waals surface area contributed by atoms with E-state index in [1.54, 1.807) is 6.07 Å². The highest BCUT2D eigenvalue weighted by molar-refractivity contribution is 9.10. The largest absolute Gasteiger partial charge is 0.493 e. The van der Waals surface area contributed by atoms with Crippen molar-refractivity contribution in [3.05, 3.63) is 28.7 Å². The number of aromatic nitrogens is 1. The first-order chi connectivity index (χ1) is 8.70. The third-order valence-electron chi connectivity index (χ3n) is 2.88. The fraction of sp³-hybridized carbons (Fsp3) is 0.308. The maximum absolute atomic E-state index is 5.76. The summed E-state index contributed by atoms with van der Waals surface area (Å²) in [4.78, 5) is 0. The lowest BCUT2D eigenvalue weighted by molar-refractivity contribution is 0.299. The van der Waals surface area contributed by atoms with Crippen LogP contribution >= 0.6 is 15.9 Å². The lowest BCUT2D eigenvalue weighted by Crippen LogP contribution is -1.99. The monoisotopic (exact) mass is 308 g/mol. The van der Waals surface area contributed by atoms with Gasteiger partial charge in [-0.25, -0.2) is 0 Å². The van der Waals surface area contributed by atoms with Crippen molar-refractivity contribution in [2.75, 3.05) is 12.3 Å². The third kappa shape index (κ3) is 2.67. The minimum Gasteiger partial charge on any atom is -0.493 e. The zero-order valence-corrected chi connectivity index (χ0v) is 11.3. The zero-order chi connectivity index (χ0) is 12.5. The van der Waals surface area contributed by atoms with E-state index in [2.05, 4.69) is 21.1 Å². The first kappa shape index (κ1) is 11.6. The summed E-state index contributed by atoms with van der Waals surface area (Å²) in [5, 5.41) is 3.90. The second kappa shape index (κ2) is 4.65. The van der Waals surface area contributed by atoms with Gasteiger partial charge in [0.25, 0.3) is 0 Å². The van der Waals surface area contributed by atoms with Crippen LogP contribution in [-0.2, 0) is 0 Å². The first-order valence-electron chi connectivity index (χ1n) is 5.86. The smallest absolute Gasteiger partial charge is 0.222 e. The Morgan fingerprint density at radius 2 is 2.17 bits per heavy atom. The summed E-state index contributed by atoms with van der Waals surface area (Å²) >= 11 is 3.47. The second-order valence-corrected chi connectivity index (χ2v) is 5.46. The number of anilines is 1. The molecule has 0 saturated heterocycles. The molecule has 2 N–H and O–H groups in total. The van der Waals surface area contributed by atoms with Crippen LogP contribution in [-0.4, -0.2) is 11.8 Å². The fourth-order valence-corrected chi connectivity index (χ4v) is 2.19. The number of hydrogen-bond donors (Lipinski definition) is 1. The Morgan fingerprint density at radius 3 is 2.83 bits per heavy atom. The lowest BCUT2D eigenvalue weighted by atomic mass is 10.1. The molecule has 0 unspecified atom stereocenters. The van der Waals surface area contributed by atoms with Gasteiger partial charge in [0.2, 0.25) is 5.88 Å². The van der Waals surface area contributed by atoms with Crippen molar-refractivity contribution in [3.8, 4) is 17.0 Å². The summed E-state index contributed by atoms with van der Waals surface area (Å²) in [6, 6.07) is 7.56. The Balaban J connectivity index is 1.84. The summed E-state index contributed by atoms with van der Waals surface area (Å²) < 4.78 is 11.6. The van der Waals surface area contributed by atoms with E-state index in [-0.39, 0.29) is 0 Å². The number of benzene rings is 1. The maximum atomic E-state index is 5.76. The normalized spacial score (nSPS) is 14.7. The van der Waals surface area contributed by atoms with Crippen molar-refractivity contribution in [1.82, 2.24) is 5.16 Å². The summed E-state index contributed by atoms with van der Waals surface area (Å²) in [7, 11) is 0. The van der Waals surface area contributed by atoms with Crippen LogP contribution in [0.5, 0.6) is 5.75 Å². The molecule has 1 heterocycles. The molecule has 1 saturated carbocycles. The molecule has 5 heteroatoms. The average Bonchev–Trinajstić information content (AvgIpc) is 3.07. The van der Waals surface area contributed by atoms with E-state index in [4.69, 9.17) is 15.0 Å². The molecule has 94 valence electrons. The van der Waals surface area contributed by atoms with Crippen molar-refractivity contribution in [2.24, 2.45) is 5.92 Å². The molecule has 0 bridgehead atoms. The first-order valence-corrected chi connectivity index (χ1v) is 6.66. The maximum Gasteiger partial charge on any atom is 0.222 e. The highest BCUT2D eigenvalue weighted by Gasteiger charge is 2.22. The van der Waals surface area contributed by atoms with Crippen LogP contribution < -0.4 is 10.5 Å². The summed E-state index contributed by atoms with van der Waals surface area (Å²) in [6.07, 6.45) is 2.56. The summed E-state index contributed by atoms with van der Waals surface area (Å²) in [5.41, 5.74) is 7.17. The van der Waals surface area contributed by atoms with E-state index >= 15 is 0 Å². The van der Waals surface area contributed by atoms with Gasteiger partial charge < -0.3 is 15.0 Å². The Bertz CT molecular complexity index is 564. The van der Waals surface area contributed by atoms with Crippen LogP contribution in [0.2, 0.25) is 0 Å². The second-order valence-electron chi connectivity index (χ2n) is 4.54. The van der Waals surface area contributed by atoms with E-state index in [0.29, 0.717) is 11.6 Å². The van der Waals surface area contributed by atoms with E-state index in [0.717, 1.165) is 28.3 Å². The number of rotatable bonds is 4. The van der Waals surface area contributed by atoms with Gasteiger partial charge >= 0.3 is 0 Å². The Labute approximate surface area is 113 Å². The predicted octanol–water partition coefficient (Wildman–Crippen LogP) is 3.48. The number of hydrogen-bond acceptors (Lipinski definition) is 4. The van der Waals surface area contributed by atoms with Crippen LogP contribution in [0.3, 0.4) is 0 Å². The molecule has 0 aliphatic heterocycles. The topological polar surface area (TPSA) is 61.3 Å². The van der Waals surface area contributed by atoms with Crippen LogP contribution in [0.25, 0.3) is 11.3 Å². The van der Waals surface area contributed by atoms with Crippen LogP contribution in [0.1, 0.15) is 12.8 Å². The molecule has 1 aliphatic rings. The minimum atomic E-state index is 0.311. The van der Waals surface area contributed by atoms with E-state index in [9.17, 15) is 0 Å². The van der Waals surface area contributed by atoms with E-state index in [1.807, 2.05) is 18.2 Å². The average molecular weight is 309 g/mol. The fourth-order valence-electron chi connectivity index (χ4n) is 1.72. The standard InChI is InChI=1S/C13H13BrN2O2/c14-10-3-9(12-6-13(15)18-16-12)4-11(5-10)17-7-8-1-2-8/h3-6,8H,1-2,7,15H2. The van der Waals surface area contributed by atoms with Gasteiger partial charge in [-0.15, -0.1) is 0 Å². The summed E-state index contributed by atoms with van der Waals surface area (Å²) in [5.74, 6) is 1.88. The molecule has 1 aromatic carbocycles. The molecule has 1 fully saturated rings. The van der Waals surface area contributed by atoms with Crippen molar-refractivity contribution >= 4 is 21.8 Å². The number of ether oxygens (including phenoxy) is 1. The van der Waals surface area contributed by atoms with Gasteiger partial charge in [-0.1, -0.05) is 21.1 Å². The van der Waals surface area contributed by atoms with E-state index < -0.39 is 0 Å². The van der Waals surface area contributed by atoms with Crippen molar-refractivity contribution in [2.45, 2.75) is 12.8 Å². The number of nitrogens with two attached hydrogens (primary N) is 1. The van der Waals surface area contributed by atoms with Crippen LogP contribution in [0.15, 0.2) is 33.3 Å². The molecule has 0 radical (unpaired) electrons. The third-order valence-corrected chi connectivity index (χ3v) is 3.34. The van der Waals surface area contributed by atoms with Crippen molar-refractivity contribution in [3.63, 3.8) is 0 Å². The molecule has 3 rings (SSSR count). The van der Waals surface area contributed by atoms with Gasteiger partial charge in [-0.2, -0.15) is 0 Å². The SMILES string of the molecule is Nc1cc(-c2cc(Br)cc(OCC3CC3)c2)no1. The molecular formula is C13H13BrN2O2. The van der Waals surface area contributed by atoms with Gasteiger partial charge in [-0.3, -0.25) is 0 Å². The Kier molecular flexibility index (Phi) is 2.99. The van der Waals surface area contributed by atoms with Crippen molar-refractivity contribution < 1.29 is 9.26 Å². The molecule has 1 aromatic heterocycles. The predicted molar refractivity (Wildman–Crippen MR) is 72.3 cm³/mol. The molecule has 0 spiro atoms. The van der Waals surface area contributed by atoms with Gasteiger partial charge in [0.05, 0.1) is 6.61 Å².